The third-order valence-corrected chi connectivity index (χ3v) is 6.10. The van der Waals surface area contributed by atoms with Crippen LogP contribution in [0.25, 0.3) is 11.6 Å². The molecule has 3 aliphatic heterocycles. The van der Waals surface area contributed by atoms with E-state index in [0.717, 1.165) is 48.6 Å². The first-order chi connectivity index (χ1) is 15.1. The van der Waals surface area contributed by atoms with Crippen molar-refractivity contribution in [3.63, 3.8) is 0 Å². The summed E-state index contributed by atoms with van der Waals surface area (Å²) < 4.78 is 5.34. The number of morpholine rings is 1. The maximum atomic E-state index is 12.8. The number of rotatable bonds is 3. The van der Waals surface area contributed by atoms with Gasteiger partial charge < -0.3 is 24.8 Å². The first kappa shape index (κ1) is 19.7. The van der Waals surface area contributed by atoms with E-state index in [9.17, 15) is 9.59 Å². The Morgan fingerprint density at radius 2 is 1.90 bits per heavy atom. The molecule has 0 spiro atoms. The number of aromatic amines is 1. The molecule has 3 aliphatic rings. The number of hydrogen-bond donors (Lipinski definition) is 2. The van der Waals surface area contributed by atoms with Gasteiger partial charge in [0, 0.05) is 31.9 Å². The molecule has 2 aromatic heterocycles. The number of nitrogens with one attached hydrogen (secondary N) is 2. The van der Waals surface area contributed by atoms with Gasteiger partial charge in [0.15, 0.2) is 0 Å². The first-order valence-electron chi connectivity index (χ1n) is 10.8. The van der Waals surface area contributed by atoms with Gasteiger partial charge in [-0.15, -0.1) is 0 Å². The van der Waals surface area contributed by atoms with Gasteiger partial charge in [-0.25, -0.2) is 9.97 Å². The van der Waals surface area contributed by atoms with Gasteiger partial charge >= 0.3 is 0 Å². The van der Waals surface area contributed by atoms with Crippen molar-refractivity contribution in [3.8, 4) is 0 Å². The van der Waals surface area contributed by atoms with Gasteiger partial charge in [-0.1, -0.05) is 0 Å². The summed E-state index contributed by atoms with van der Waals surface area (Å²) in [5.74, 6) is 1.08. The molecule has 5 heterocycles. The van der Waals surface area contributed by atoms with E-state index in [0.29, 0.717) is 43.4 Å². The lowest BCUT2D eigenvalue weighted by molar-refractivity contribution is -0.110. The lowest BCUT2D eigenvalue weighted by atomic mass is 10.1. The number of hydrogen-bond acceptors (Lipinski definition) is 6. The zero-order valence-corrected chi connectivity index (χ0v) is 17.6. The SMILES string of the molecule is Cc1cc(C(=O)N2CCOCC2)[nH]c1C=C1C(=O)Nc2ncnc(N3CCCCC3)c21. The largest absolute Gasteiger partial charge is 0.378 e. The summed E-state index contributed by atoms with van der Waals surface area (Å²) in [5.41, 5.74) is 3.42. The molecular formula is C22H26N6O3. The van der Waals surface area contributed by atoms with Crippen LogP contribution in [0.2, 0.25) is 0 Å². The summed E-state index contributed by atoms with van der Waals surface area (Å²) in [5, 5.41) is 2.86. The Morgan fingerprint density at radius 1 is 1.13 bits per heavy atom. The van der Waals surface area contributed by atoms with Crippen LogP contribution >= 0.6 is 0 Å². The van der Waals surface area contributed by atoms with E-state index in [1.807, 2.05) is 19.1 Å². The molecule has 2 N–H and O–H groups in total. The minimum atomic E-state index is -0.205. The van der Waals surface area contributed by atoms with Crippen molar-refractivity contribution in [2.75, 3.05) is 49.6 Å². The molecule has 0 radical (unpaired) electrons. The van der Waals surface area contributed by atoms with E-state index in [-0.39, 0.29) is 11.8 Å². The summed E-state index contributed by atoms with van der Waals surface area (Å²) in [7, 11) is 0. The molecule has 9 nitrogen and oxygen atoms in total. The molecule has 0 saturated carbocycles. The predicted molar refractivity (Wildman–Crippen MR) is 117 cm³/mol. The first-order valence-corrected chi connectivity index (χ1v) is 10.8. The van der Waals surface area contributed by atoms with Crippen LogP contribution in [-0.2, 0) is 9.53 Å². The molecule has 0 aliphatic carbocycles. The number of aryl methyl sites for hydroxylation is 1. The van der Waals surface area contributed by atoms with Crippen molar-refractivity contribution < 1.29 is 14.3 Å². The van der Waals surface area contributed by atoms with Crippen molar-refractivity contribution in [2.45, 2.75) is 26.2 Å². The van der Waals surface area contributed by atoms with E-state index in [4.69, 9.17) is 4.74 Å². The third-order valence-electron chi connectivity index (χ3n) is 6.10. The Morgan fingerprint density at radius 3 is 2.68 bits per heavy atom. The number of ether oxygens (including phenoxy) is 1. The van der Waals surface area contributed by atoms with Crippen LogP contribution in [0.5, 0.6) is 0 Å². The highest BCUT2D eigenvalue weighted by molar-refractivity contribution is 6.35. The molecule has 0 bridgehead atoms. The van der Waals surface area contributed by atoms with E-state index < -0.39 is 0 Å². The number of amides is 2. The third kappa shape index (κ3) is 3.69. The molecule has 2 amide bonds. The molecule has 5 rings (SSSR count). The van der Waals surface area contributed by atoms with Gasteiger partial charge in [-0.2, -0.15) is 0 Å². The minimum Gasteiger partial charge on any atom is -0.378 e. The molecule has 162 valence electrons. The van der Waals surface area contributed by atoms with E-state index in [1.54, 1.807) is 4.90 Å². The number of carbonyl (C=O) groups excluding carboxylic acids is 2. The highest BCUT2D eigenvalue weighted by Gasteiger charge is 2.32. The Balaban J connectivity index is 1.49. The van der Waals surface area contributed by atoms with E-state index in [1.165, 1.54) is 12.7 Å². The topological polar surface area (TPSA) is 103 Å². The number of nitrogens with zero attached hydrogens (tertiary/aromatic N) is 4. The van der Waals surface area contributed by atoms with Crippen LogP contribution in [0.4, 0.5) is 11.6 Å². The second kappa shape index (κ2) is 8.14. The van der Waals surface area contributed by atoms with Crippen LogP contribution in [-0.4, -0.2) is 71.1 Å². The zero-order valence-electron chi connectivity index (χ0n) is 17.6. The molecule has 9 heteroatoms. The summed E-state index contributed by atoms with van der Waals surface area (Å²) in [4.78, 5) is 41.7. The van der Waals surface area contributed by atoms with Crippen LogP contribution < -0.4 is 10.2 Å². The number of fused-ring (bicyclic) bond motifs is 1. The van der Waals surface area contributed by atoms with Crippen molar-refractivity contribution >= 4 is 35.1 Å². The van der Waals surface area contributed by atoms with Crippen molar-refractivity contribution in [3.05, 3.63) is 34.9 Å². The fraction of sp³-hybridized carbons (Fsp3) is 0.455. The van der Waals surface area contributed by atoms with Gasteiger partial charge in [0.05, 0.1) is 24.4 Å². The maximum Gasteiger partial charge on any atom is 0.270 e. The Bertz CT molecular complexity index is 1050. The summed E-state index contributed by atoms with van der Waals surface area (Å²) in [6.07, 6.45) is 6.75. The van der Waals surface area contributed by atoms with Gasteiger partial charge in [-0.3, -0.25) is 9.59 Å². The van der Waals surface area contributed by atoms with Gasteiger partial charge in [0.1, 0.15) is 23.7 Å². The van der Waals surface area contributed by atoms with E-state index in [2.05, 4.69) is 25.2 Å². The molecule has 31 heavy (non-hydrogen) atoms. The van der Waals surface area contributed by atoms with Crippen LogP contribution in [0.15, 0.2) is 12.4 Å². The molecule has 0 atom stereocenters. The Labute approximate surface area is 180 Å². The fourth-order valence-electron chi connectivity index (χ4n) is 4.41. The highest BCUT2D eigenvalue weighted by atomic mass is 16.5. The number of aromatic nitrogens is 3. The summed E-state index contributed by atoms with van der Waals surface area (Å²) >= 11 is 0. The summed E-state index contributed by atoms with van der Waals surface area (Å²) in [6, 6.07) is 1.84. The number of H-pyrrole nitrogens is 1. The van der Waals surface area contributed by atoms with Crippen molar-refractivity contribution in [1.29, 1.82) is 0 Å². The average Bonchev–Trinajstić information content (AvgIpc) is 3.34. The zero-order chi connectivity index (χ0) is 21.4. The van der Waals surface area contributed by atoms with Gasteiger partial charge in [0.25, 0.3) is 11.8 Å². The second-order valence-corrected chi connectivity index (χ2v) is 8.17. The monoisotopic (exact) mass is 422 g/mol. The Kier molecular flexibility index (Phi) is 5.19. The second-order valence-electron chi connectivity index (χ2n) is 8.17. The summed E-state index contributed by atoms with van der Waals surface area (Å²) in [6.45, 7) is 6.05. The smallest absolute Gasteiger partial charge is 0.270 e. The average molecular weight is 422 g/mol. The molecule has 0 unspecified atom stereocenters. The lowest BCUT2D eigenvalue weighted by Crippen LogP contribution is -2.40. The number of carbonyl (C=O) groups is 2. The van der Waals surface area contributed by atoms with Crippen molar-refractivity contribution in [2.24, 2.45) is 0 Å². The molecule has 2 fully saturated rings. The maximum absolute atomic E-state index is 12.8. The molecular weight excluding hydrogens is 396 g/mol. The van der Waals surface area contributed by atoms with Gasteiger partial charge in [-0.05, 0) is 43.9 Å². The molecule has 2 saturated heterocycles. The van der Waals surface area contributed by atoms with E-state index >= 15 is 0 Å². The lowest BCUT2D eigenvalue weighted by Gasteiger charge is -2.28. The number of anilines is 2. The van der Waals surface area contributed by atoms with Crippen LogP contribution in [0, 0.1) is 6.92 Å². The Hall–Kier alpha value is -3.20. The minimum absolute atomic E-state index is 0.0512. The van der Waals surface area contributed by atoms with Crippen LogP contribution in [0.1, 0.15) is 46.6 Å². The normalized spacial score (nSPS) is 20.2. The quantitative estimate of drug-likeness (QED) is 0.734. The standard InChI is InChI=1S/C22H26N6O3/c1-14-11-17(22(30)28-7-9-31-10-8-28)25-16(14)12-15-18-19(26-21(15)29)23-13-24-20(18)27-5-3-2-4-6-27/h11-13,25H,2-10H2,1H3,(H,23,24,26,29). The van der Waals surface area contributed by atoms with Crippen molar-refractivity contribution in [1.82, 2.24) is 19.9 Å². The van der Waals surface area contributed by atoms with Crippen LogP contribution in [0.3, 0.4) is 0 Å². The highest BCUT2D eigenvalue weighted by Crippen LogP contribution is 2.38. The van der Waals surface area contributed by atoms with Gasteiger partial charge in [0.2, 0.25) is 0 Å². The molecule has 0 aromatic carbocycles. The molecule has 2 aromatic rings. The fourth-order valence-corrected chi connectivity index (χ4v) is 4.41. The predicted octanol–water partition coefficient (Wildman–Crippen LogP) is 2.07. The number of piperidine rings is 1.